The molecule has 3 saturated carbocycles. The Kier molecular flexibility index (Phi) is 4.75. The van der Waals surface area contributed by atoms with Crippen molar-refractivity contribution in [2.24, 2.45) is 17.8 Å². The molecule has 2 bridgehead atoms. The Morgan fingerprint density at radius 3 is 2.73 bits per heavy atom. The first kappa shape index (κ1) is 20.4. The number of carbonyl (C=O) groups excluding carboxylic acids is 2. The van der Waals surface area contributed by atoms with Crippen LogP contribution >= 0.6 is 0 Å². The third-order valence-electron chi connectivity index (χ3n) is 7.73. The fourth-order valence-electron chi connectivity index (χ4n) is 6.01. The van der Waals surface area contributed by atoms with Crippen molar-refractivity contribution in [1.82, 2.24) is 10.6 Å². The number of ether oxygens (including phenoxy) is 3. The lowest BCUT2D eigenvalue weighted by Gasteiger charge is -2.55. The molecular weight excluding hydrogens is 420 g/mol. The van der Waals surface area contributed by atoms with E-state index in [9.17, 15) is 9.59 Å². The highest BCUT2D eigenvalue weighted by Crippen LogP contribution is 2.52. The summed E-state index contributed by atoms with van der Waals surface area (Å²) in [5.74, 6) is 2.31. The van der Waals surface area contributed by atoms with E-state index in [4.69, 9.17) is 14.2 Å². The highest BCUT2D eigenvalue weighted by Gasteiger charge is 2.57. The number of rotatable bonds is 3. The average Bonchev–Trinajstić information content (AvgIpc) is 2.84. The molecule has 2 aromatic rings. The molecule has 2 aromatic carbocycles. The van der Waals surface area contributed by atoms with Gasteiger partial charge >= 0.3 is 0 Å². The fraction of sp³-hybridized carbons (Fsp3) is 0.462. The number of fused-ring (bicyclic) bond motifs is 4. The third-order valence-corrected chi connectivity index (χ3v) is 7.73. The Morgan fingerprint density at radius 1 is 1.09 bits per heavy atom. The van der Waals surface area contributed by atoms with E-state index in [1.807, 2.05) is 43.3 Å². The summed E-state index contributed by atoms with van der Waals surface area (Å²) in [6.07, 6.45) is 3.30. The Morgan fingerprint density at radius 2 is 1.91 bits per heavy atom. The van der Waals surface area contributed by atoms with Gasteiger partial charge in [0.1, 0.15) is 19.0 Å². The van der Waals surface area contributed by atoms with Gasteiger partial charge in [-0.2, -0.15) is 0 Å². The first-order valence-corrected chi connectivity index (χ1v) is 11.8. The van der Waals surface area contributed by atoms with Gasteiger partial charge in [0, 0.05) is 18.3 Å². The predicted octanol–water partition coefficient (Wildman–Crippen LogP) is 3.59. The van der Waals surface area contributed by atoms with Crippen LogP contribution in [0.3, 0.4) is 0 Å². The van der Waals surface area contributed by atoms with Crippen LogP contribution in [-0.4, -0.2) is 30.8 Å². The molecule has 3 aliphatic carbocycles. The van der Waals surface area contributed by atoms with Crippen LogP contribution in [0.5, 0.6) is 17.2 Å². The summed E-state index contributed by atoms with van der Waals surface area (Å²) in [5, 5.41) is 6.37. The van der Waals surface area contributed by atoms with E-state index in [1.54, 1.807) is 6.07 Å². The largest absolute Gasteiger partial charge is 0.486 e. The summed E-state index contributed by atoms with van der Waals surface area (Å²) in [6, 6.07) is 13.1. The van der Waals surface area contributed by atoms with E-state index in [1.165, 1.54) is 0 Å². The van der Waals surface area contributed by atoms with Crippen molar-refractivity contribution >= 4 is 11.8 Å². The van der Waals surface area contributed by atoms with E-state index in [-0.39, 0.29) is 35.6 Å². The molecule has 1 spiro atoms. The van der Waals surface area contributed by atoms with Crippen molar-refractivity contribution in [3.8, 4) is 17.2 Å². The van der Waals surface area contributed by atoms with Crippen molar-refractivity contribution in [1.29, 1.82) is 0 Å². The quantitative estimate of drug-likeness (QED) is 0.750. The van der Waals surface area contributed by atoms with Gasteiger partial charge in [-0.25, -0.2) is 0 Å². The minimum absolute atomic E-state index is 0.0736. The van der Waals surface area contributed by atoms with Crippen LogP contribution in [0.2, 0.25) is 0 Å². The SMILES string of the molecule is C[C@@H](NC(=O)[C@H]1C[C@@H]2CC[C@@H]1C[C@@]21NC(=O)c2ccccc2O1)c1ccc2c(c1)OCCO2. The second-order valence-electron chi connectivity index (χ2n) is 9.66. The zero-order valence-corrected chi connectivity index (χ0v) is 18.6. The lowest BCUT2D eigenvalue weighted by atomic mass is 9.60. The summed E-state index contributed by atoms with van der Waals surface area (Å²) < 4.78 is 17.7. The van der Waals surface area contributed by atoms with Crippen LogP contribution < -0.4 is 24.8 Å². The van der Waals surface area contributed by atoms with Gasteiger partial charge < -0.3 is 24.8 Å². The van der Waals surface area contributed by atoms with Gasteiger partial charge in [-0.15, -0.1) is 0 Å². The molecule has 0 aromatic heterocycles. The number of para-hydroxylation sites is 1. The van der Waals surface area contributed by atoms with Gasteiger partial charge in [-0.3, -0.25) is 9.59 Å². The molecule has 7 heteroatoms. The first-order valence-electron chi connectivity index (χ1n) is 11.8. The summed E-state index contributed by atoms with van der Waals surface area (Å²) in [5.41, 5.74) is 0.865. The smallest absolute Gasteiger partial charge is 0.258 e. The van der Waals surface area contributed by atoms with E-state index >= 15 is 0 Å². The van der Waals surface area contributed by atoms with Crippen LogP contribution in [-0.2, 0) is 4.79 Å². The maximum absolute atomic E-state index is 13.3. The summed E-state index contributed by atoms with van der Waals surface area (Å²) in [4.78, 5) is 26.1. The van der Waals surface area contributed by atoms with Crippen LogP contribution in [0, 0.1) is 17.8 Å². The number of carbonyl (C=O) groups is 2. The molecule has 3 fully saturated rings. The topological polar surface area (TPSA) is 85.9 Å². The summed E-state index contributed by atoms with van der Waals surface area (Å²) in [6.45, 7) is 3.08. The average molecular weight is 449 g/mol. The van der Waals surface area contributed by atoms with Gasteiger partial charge in [0.15, 0.2) is 17.2 Å². The molecule has 0 unspecified atom stereocenters. The third kappa shape index (κ3) is 3.41. The second-order valence-corrected chi connectivity index (χ2v) is 9.66. The van der Waals surface area contributed by atoms with Gasteiger partial charge in [-0.05, 0) is 61.9 Å². The van der Waals surface area contributed by atoms with Crippen LogP contribution in [0.15, 0.2) is 42.5 Å². The standard InChI is InChI=1S/C26H28N2O5/c1-15(16-7-9-22-23(12-16)32-11-10-31-22)27-24(29)20-13-18-8-6-17(20)14-26(18)28-25(30)19-4-2-3-5-21(19)33-26/h2-5,7,9,12,15,17-18,20H,6,8,10-11,13-14H2,1H3,(H,27,29)(H,28,30)/t15-,17-,18+,20+,26+/m1/s1. The lowest BCUT2D eigenvalue weighted by Crippen LogP contribution is -2.66. The number of amides is 2. The molecule has 7 nitrogen and oxygen atoms in total. The lowest BCUT2D eigenvalue weighted by molar-refractivity contribution is -0.147. The molecule has 5 atom stereocenters. The molecule has 0 radical (unpaired) electrons. The summed E-state index contributed by atoms with van der Waals surface area (Å²) in [7, 11) is 0. The van der Waals surface area contributed by atoms with Crippen molar-refractivity contribution in [2.45, 2.75) is 44.4 Å². The molecule has 2 aliphatic heterocycles. The van der Waals surface area contributed by atoms with Gasteiger partial charge in [0.25, 0.3) is 5.91 Å². The zero-order valence-electron chi connectivity index (χ0n) is 18.6. The minimum atomic E-state index is -0.702. The molecule has 2 N–H and O–H groups in total. The van der Waals surface area contributed by atoms with Crippen LogP contribution in [0.4, 0.5) is 0 Å². The number of hydrogen-bond donors (Lipinski definition) is 2. The monoisotopic (exact) mass is 448 g/mol. The van der Waals surface area contributed by atoms with Gasteiger partial charge in [0.2, 0.25) is 5.91 Å². The molecule has 0 saturated heterocycles. The van der Waals surface area contributed by atoms with E-state index in [2.05, 4.69) is 10.6 Å². The highest BCUT2D eigenvalue weighted by molar-refractivity contribution is 5.98. The van der Waals surface area contributed by atoms with Crippen LogP contribution in [0.1, 0.15) is 54.6 Å². The fourth-order valence-corrected chi connectivity index (χ4v) is 6.01. The normalized spacial score (nSPS) is 30.1. The Balaban J connectivity index is 1.16. The van der Waals surface area contributed by atoms with Crippen molar-refractivity contribution < 1.29 is 23.8 Å². The van der Waals surface area contributed by atoms with E-state index < -0.39 is 5.72 Å². The zero-order chi connectivity index (χ0) is 22.6. The molecule has 2 heterocycles. The van der Waals surface area contributed by atoms with Crippen molar-refractivity contribution in [3.05, 3.63) is 53.6 Å². The van der Waals surface area contributed by atoms with E-state index in [0.717, 1.165) is 29.9 Å². The molecule has 172 valence electrons. The van der Waals surface area contributed by atoms with Gasteiger partial charge in [-0.1, -0.05) is 18.2 Å². The Labute approximate surface area is 192 Å². The molecular formula is C26H28N2O5. The summed E-state index contributed by atoms with van der Waals surface area (Å²) >= 11 is 0. The maximum Gasteiger partial charge on any atom is 0.258 e. The molecule has 5 aliphatic rings. The Hall–Kier alpha value is -3.22. The molecule has 33 heavy (non-hydrogen) atoms. The predicted molar refractivity (Wildman–Crippen MR) is 120 cm³/mol. The maximum atomic E-state index is 13.3. The molecule has 2 amide bonds. The second kappa shape index (κ2) is 7.68. The molecule has 7 rings (SSSR count). The highest BCUT2D eigenvalue weighted by atomic mass is 16.6. The van der Waals surface area contributed by atoms with Crippen molar-refractivity contribution in [2.75, 3.05) is 13.2 Å². The number of nitrogens with one attached hydrogen (secondary N) is 2. The van der Waals surface area contributed by atoms with E-state index in [0.29, 0.717) is 37.4 Å². The van der Waals surface area contributed by atoms with Gasteiger partial charge in [0.05, 0.1) is 11.6 Å². The van der Waals surface area contributed by atoms with Crippen molar-refractivity contribution in [3.63, 3.8) is 0 Å². The minimum Gasteiger partial charge on any atom is -0.486 e. The number of hydrogen-bond acceptors (Lipinski definition) is 5. The number of benzene rings is 2. The first-order chi connectivity index (χ1) is 16.0. The Bertz CT molecular complexity index is 1120. The van der Waals surface area contributed by atoms with Crippen LogP contribution in [0.25, 0.3) is 0 Å².